The van der Waals surface area contributed by atoms with E-state index >= 15 is 0 Å². The molecule has 0 aromatic rings. The van der Waals surface area contributed by atoms with Crippen LogP contribution in [0.4, 0.5) is 0 Å². The van der Waals surface area contributed by atoms with Crippen LogP contribution in [0.3, 0.4) is 0 Å². The molecule has 0 radical (unpaired) electrons. The Morgan fingerprint density at radius 3 is 1.96 bits per heavy atom. The smallest absolute Gasteiger partial charge is 0.0756 e. The fraction of sp³-hybridized carbons (Fsp3) is 0.926. The average molecular weight is 389 g/mol. The minimum absolute atomic E-state index is 0.412. The average Bonchev–Trinajstić information content (AvgIpc) is 2.75. The second kappa shape index (κ2) is 12.4. The number of allylic oxidation sites excluding steroid dienone is 1. The molecule has 0 saturated heterocycles. The zero-order valence-electron chi connectivity index (χ0n) is 19.0. The van der Waals surface area contributed by atoms with Crippen molar-refractivity contribution in [2.24, 2.45) is 29.6 Å². The van der Waals surface area contributed by atoms with E-state index in [-0.39, 0.29) is 0 Å². The number of hydrogen-bond acceptors (Lipinski definition) is 1. The molecule has 0 unspecified atom stereocenters. The van der Waals surface area contributed by atoms with Crippen molar-refractivity contribution in [1.29, 1.82) is 0 Å². The van der Waals surface area contributed by atoms with Crippen molar-refractivity contribution in [3.8, 4) is 0 Å². The lowest BCUT2D eigenvalue weighted by atomic mass is 9.72. The van der Waals surface area contributed by atoms with E-state index in [2.05, 4.69) is 26.0 Å². The highest BCUT2D eigenvalue weighted by Gasteiger charge is 2.29. The van der Waals surface area contributed by atoms with Crippen LogP contribution in [0.15, 0.2) is 12.2 Å². The van der Waals surface area contributed by atoms with Crippen LogP contribution in [0.2, 0.25) is 0 Å². The minimum atomic E-state index is 0.412. The molecule has 2 fully saturated rings. The molecule has 1 nitrogen and oxygen atoms in total. The summed E-state index contributed by atoms with van der Waals surface area (Å²) < 4.78 is 6.35. The van der Waals surface area contributed by atoms with E-state index < -0.39 is 0 Å². The van der Waals surface area contributed by atoms with Crippen molar-refractivity contribution in [3.05, 3.63) is 12.2 Å². The van der Waals surface area contributed by atoms with Crippen molar-refractivity contribution in [2.75, 3.05) is 6.61 Å². The second-order valence-electron chi connectivity index (χ2n) is 10.4. The van der Waals surface area contributed by atoms with Gasteiger partial charge in [0, 0.05) is 0 Å². The van der Waals surface area contributed by atoms with Gasteiger partial charge >= 0.3 is 0 Å². The van der Waals surface area contributed by atoms with Crippen LogP contribution >= 0.6 is 0 Å². The molecular weight excluding hydrogens is 340 g/mol. The summed E-state index contributed by atoms with van der Waals surface area (Å²) in [5.74, 6) is 4.70. The van der Waals surface area contributed by atoms with Gasteiger partial charge in [0.25, 0.3) is 0 Å². The first-order valence-corrected chi connectivity index (χ1v) is 13.1. The molecule has 3 rings (SSSR count). The Balaban J connectivity index is 1.29. The van der Waals surface area contributed by atoms with Gasteiger partial charge < -0.3 is 4.74 Å². The van der Waals surface area contributed by atoms with E-state index in [0.29, 0.717) is 6.10 Å². The maximum absolute atomic E-state index is 6.35. The topological polar surface area (TPSA) is 9.23 Å². The highest BCUT2D eigenvalue weighted by atomic mass is 16.5. The molecule has 0 N–H and O–H groups in total. The lowest BCUT2D eigenvalue weighted by Gasteiger charge is -2.35. The van der Waals surface area contributed by atoms with E-state index in [0.717, 1.165) is 36.2 Å². The van der Waals surface area contributed by atoms with Crippen LogP contribution in [0, 0.1) is 29.6 Å². The van der Waals surface area contributed by atoms with Crippen molar-refractivity contribution >= 4 is 0 Å². The van der Waals surface area contributed by atoms with Crippen molar-refractivity contribution in [3.63, 3.8) is 0 Å². The third kappa shape index (κ3) is 7.19. The molecule has 2 saturated carbocycles. The predicted molar refractivity (Wildman–Crippen MR) is 122 cm³/mol. The molecule has 2 atom stereocenters. The maximum atomic E-state index is 6.35. The van der Waals surface area contributed by atoms with Crippen LogP contribution < -0.4 is 0 Å². The van der Waals surface area contributed by atoms with Gasteiger partial charge in [-0.1, -0.05) is 90.2 Å². The summed E-state index contributed by atoms with van der Waals surface area (Å²) in [6, 6.07) is 0. The molecule has 3 aliphatic carbocycles. The number of hydrogen-bond donors (Lipinski definition) is 0. The van der Waals surface area contributed by atoms with Gasteiger partial charge in [-0.05, 0) is 68.1 Å². The molecule has 0 bridgehead atoms. The molecule has 1 heteroatoms. The van der Waals surface area contributed by atoms with Gasteiger partial charge in [0.05, 0.1) is 12.7 Å². The zero-order chi connectivity index (χ0) is 19.6. The lowest BCUT2D eigenvalue weighted by Crippen LogP contribution is -2.27. The van der Waals surface area contributed by atoms with Crippen molar-refractivity contribution in [2.45, 2.75) is 123 Å². The Hall–Kier alpha value is -0.300. The van der Waals surface area contributed by atoms with Crippen molar-refractivity contribution in [1.82, 2.24) is 0 Å². The highest BCUT2D eigenvalue weighted by Crippen LogP contribution is 2.39. The molecule has 28 heavy (non-hydrogen) atoms. The maximum Gasteiger partial charge on any atom is 0.0756 e. The Kier molecular flexibility index (Phi) is 9.92. The molecule has 0 aliphatic heterocycles. The van der Waals surface area contributed by atoms with Gasteiger partial charge in [-0.3, -0.25) is 0 Å². The molecule has 0 spiro atoms. The van der Waals surface area contributed by atoms with Gasteiger partial charge in [-0.25, -0.2) is 0 Å². The zero-order valence-corrected chi connectivity index (χ0v) is 19.0. The van der Waals surface area contributed by atoms with E-state index in [1.54, 1.807) is 0 Å². The van der Waals surface area contributed by atoms with E-state index in [4.69, 9.17) is 4.74 Å². The Morgan fingerprint density at radius 1 is 0.643 bits per heavy atom. The van der Waals surface area contributed by atoms with Crippen molar-refractivity contribution < 1.29 is 4.74 Å². The summed E-state index contributed by atoms with van der Waals surface area (Å²) in [6.45, 7) is 5.67. The summed E-state index contributed by atoms with van der Waals surface area (Å²) in [5, 5.41) is 0. The fourth-order valence-electron chi connectivity index (χ4n) is 6.29. The van der Waals surface area contributed by atoms with E-state index in [1.807, 2.05) is 0 Å². The van der Waals surface area contributed by atoms with Gasteiger partial charge in [-0.15, -0.1) is 0 Å². The number of rotatable bonds is 10. The first-order valence-electron chi connectivity index (χ1n) is 13.1. The Labute approximate surface area is 176 Å². The summed E-state index contributed by atoms with van der Waals surface area (Å²) in [4.78, 5) is 0. The highest BCUT2D eigenvalue weighted by molar-refractivity contribution is 5.02. The summed E-state index contributed by atoms with van der Waals surface area (Å²) in [6.07, 6.45) is 28.3. The normalized spacial score (nSPS) is 36.5. The second-order valence-corrected chi connectivity index (χ2v) is 10.4. The summed E-state index contributed by atoms with van der Waals surface area (Å²) >= 11 is 0. The number of ether oxygens (including phenoxy) is 1. The molecule has 3 aliphatic rings. The quantitative estimate of drug-likeness (QED) is 0.270. The molecule has 0 aromatic carbocycles. The number of unbranched alkanes of at least 4 members (excludes halogenated alkanes) is 2. The largest absolute Gasteiger partial charge is 0.374 e. The fourth-order valence-corrected chi connectivity index (χ4v) is 6.29. The van der Waals surface area contributed by atoms with E-state index in [9.17, 15) is 0 Å². The molecule has 162 valence electrons. The monoisotopic (exact) mass is 388 g/mol. The Bertz CT molecular complexity index is 426. The van der Waals surface area contributed by atoms with Crippen LogP contribution in [0.25, 0.3) is 0 Å². The lowest BCUT2D eigenvalue weighted by molar-refractivity contribution is 0.0286. The first-order chi connectivity index (χ1) is 13.8. The van der Waals surface area contributed by atoms with Gasteiger partial charge in [0.15, 0.2) is 0 Å². The standard InChI is InChI=1S/C27H48O/c1-3-5-6-8-23-9-11-24(12-10-23)21-28-27-19-17-26(18-20-27)25-15-13-22(7-4-2)14-16-25/h17,19,22-27H,3-16,18,20-21H2,1-2H3/t22?,23-,24-,25?,26-,27-/m0/s1. The van der Waals surface area contributed by atoms with Gasteiger partial charge in [0.1, 0.15) is 0 Å². The van der Waals surface area contributed by atoms with E-state index in [1.165, 1.54) is 103 Å². The summed E-state index contributed by atoms with van der Waals surface area (Å²) in [7, 11) is 0. The van der Waals surface area contributed by atoms with Gasteiger partial charge in [0.2, 0.25) is 0 Å². The Morgan fingerprint density at radius 2 is 1.32 bits per heavy atom. The SMILES string of the molecule is CCCCC[C@H]1CC[C@H](CO[C@H]2C=C[C@H](C3CCC(CCC)CC3)CC2)CC1. The van der Waals surface area contributed by atoms with Crippen LogP contribution in [0.5, 0.6) is 0 Å². The molecular formula is C27H48O. The molecule has 0 heterocycles. The first kappa shape index (κ1) is 22.4. The van der Waals surface area contributed by atoms with Crippen LogP contribution in [-0.4, -0.2) is 12.7 Å². The summed E-state index contributed by atoms with van der Waals surface area (Å²) in [5.41, 5.74) is 0. The predicted octanol–water partition coefficient (Wildman–Crippen LogP) is 8.33. The molecule has 0 aromatic heterocycles. The van der Waals surface area contributed by atoms with Crippen LogP contribution in [-0.2, 0) is 4.74 Å². The minimum Gasteiger partial charge on any atom is -0.374 e. The van der Waals surface area contributed by atoms with Gasteiger partial charge in [-0.2, -0.15) is 0 Å². The van der Waals surface area contributed by atoms with Crippen LogP contribution in [0.1, 0.15) is 117 Å². The molecule has 0 amide bonds. The third-order valence-electron chi connectivity index (χ3n) is 8.28. The third-order valence-corrected chi connectivity index (χ3v) is 8.28.